The highest BCUT2D eigenvalue weighted by atomic mass is 16.6. The zero-order valence-corrected chi connectivity index (χ0v) is 18.0. The molecule has 30 heavy (non-hydrogen) atoms. The number of aromatic nitrogens is 2. The molecule has 1 aliphatic rings. The van der Waals surface area contributed by atoms with Gasteiger partial charge in [-0.15, -0.1) is 0 Å². The van der Waals surface area contributed by atoms with Crippen molar-refractivity contribution in [1.82, 2.24) is 14.9 Å². The molecule has 2 N–H and O–H groups in total. The summed E-state index contributed by atoms with van der Waals surface area (Å²) >= 11 is 0. The number of pyridine rings is 2. The predicted octanol–water partition coefficient (Wildman–Crippen LogP) is 3.95. The zero-order chi connectivity index (χ0) is 21.7. The number of ether oxygens (including phenoxy) is 2. The first-order valence-electron chi connectivity index (χ1n) is 10.2. The van der Waals surface area contributed by atoms with Gasteiger partial charge < -0.3 is 24.8 Å². The number of nitrogens with one attached hydrogen (secondary N) is 1. The minimum absolute atomic E-state index is 0.00205. The first kappa shape index (κ1) is 21.8. The summed E-state index contributed by atoms with van der Waals surface area (Å²) < 4.78 is 11.3. The van der Waals surface area contributed by atoms with Crippen LogP contribution >= 0.6 is 0 Å². The number of hydrogen-bond acceptors (Lipinski definition) is 7. The molecule has 3 rings (SSSR count). The van der Waals surface area contributed by atoms with Gasteiger partial charge in [-0.2, -0.15) is 0 Å². The van der Waals surface area contributed by atoms with Gasteiger partial charge in [0, 0.05) is 37.0 Å². The standard InChI is InChI=1S/C22H30N4O4/c1-15-5-6-17(13-24-15)29-19-7-10-23-14-18(19)25-20(27)16-8-11-26(12-9-16)21(28)30-22(2,3)4/h5-7,10,13-14,16,20,25,27H,8-9,11-12H2,1-4H3. The smallest absolute Gasteiger partial charge is 0.410 e. The fourth-order valence-electron chi connectivity index (χ4n) is 3.22. The Kier molecular flexibility index (Phi) is 6.77. The lowest BCUT2D eigenvalue weighted by atomic mass is 9.95. The van der Waals surface area contributed by atoms with Crippen LogP contribution in [0.2, 0.25) is 0 Å². The lowest BCUT2D eigenvalue weighted by Gasteiger charge is -2.35. The number of aliphatic hydroxyl groups excluding tert-OH is 1. The average molecular weight is 415 g/mol. The molecule has 2 aromatic heterocycles. The molecule has 162 valence electrons. The summed E-state index contributed by atoms with van der Waals surface area (Å²) in [4.78, 5) is 22.3. The largest absolute Gasteiger partial charge is 0.453 e. The van der Waals surface area contributed by atoms with Crippen LogP contribution in [0.1, 0.15) is 39.3 Å². The van der Waals surface area contributed by atoms with Gasteiger partial charge in [-0.05, 0) is 52.7 Å². The van der Waals surface area contributed by atoms with Crippen LogP contribution in [0.4, 0.5) is 10.5 Å². The molecule has 3 heterocycles. The SMILES string of the molecule is Cc1ccc(Oc2ccncc2NC(O)C2CCN(C(=O)OC(C)(C)C)CC2)cn1. The molecule has 1 atom stereocenters. The first-order valence-corrected chi connectivity index (χ1v) is 10.2. The van der Waals surface area contributed by atoms with Gasteiger partial charge >= 0.3 is 6.09 Å². The minimum Gasteiger partial charge on any atom is -0.453 e. The van der Waals surface area contributed by atoms with E-state index in [1.165, 1.54) is 0 Å². The van der Waals surface area contributed by atoms with Crippen molar-refractivity contribution >= 4 is 11.8 Å². The molecule has 0 spiro atoms. The summed E-state index contributed by atoms with van der Waals surface area (Å²) in [5, 5.41) is 13.8. The molecule has 1 aliphatic heterocycles. The van der Waals surface area contributed by atoms with Gasteiger partial charge in [-0.25, -0.2) is 4.79 Å². The number of aryl methyl sites for hydroxylation is 1. The van der Waals surface area contributed by atoms with Crippen LogP contribution in [0, 0.1) is 12.8 Å². The molecule has 8 heteroatoms. The van der Waals surface area contributed by atoms with E-state index < -0.39 is 11.8 Å². The summed E-state index contributed by atoms with van der Waals surface area (Å²) in [5.74, 6) is 1.16. The van der Waals surface area contributed by atoms with Crippen LogP contribution in [0.3, 0.4) is 0 Å². The predicted molar refractivity (Wildman–Crippen MR) is 113 cm³/mol. The van der Waals surface area contributed by atoms with E-state index in [1.807, 2.05) is 39.8 Å². The normalized spacial score (nSPS) is 16.1. The Hall–Kier alpha value is -2.87. The lowest BCUT2D eigenvalue weighted by Crippen LogP contribution is -2.44. The molecular weight excluding hydrogens is 384 g/mol. The second-order valence-electron chi connectivity index (χ2n) is 8.50. The number of aliphatic hydroxyl groups is 1. The van der Waals surface area contributed by atoms with E-state index in [4.69, 9.17) is 9.47 Å². The number of amides is 1. The number of likely N-dealkylation sites (tertiary alicyclic amines) is 1. The van der Waals surface area contributed by atoms with Crippen molar-refractivity contribution in [3.63, 3.8) is 0 Å². The van der Waals surface area contributed by atoms with Gasteiger partial charge in [0.2, 0.25) is 0 Å². The van der Waals surface area contributed by atoms with Gasteiger partial charge in [0.1, 0.15) is 17.6 Å². The van der Waals surface area contributed by atoms with Crippen molar-refractivity contribution < 1.29 is 19.4 Å². The molecule has 2 aromatic rings. The van der Waals surface area contributed by atoms with Crippen LogP contribution < -0.4 is 10.1 Å². The maximum Gasteiger partial charge on any atom is 0.410 e. The number of rotatable bonds is 5. The number of nitrogens with zero attached hydrogens (tertiary/aromatic N) is 3. The highest BCUT2D eigenvalue weighted by Gasteiger charge is 2.30. The molecule has 1 unspecified atom stereocenters. The van der Waals surface area contributed by atoms with Crippen molar-refractivity contribution in [3.8, 4) is 11.5 Å². The monoisotopic (exact) mass is 414 g/mol. The Morgan fingerprint density at radius 1 is 1.23 bits per heavy atom. The third kappa shape index (κ3) is 6.06. The van der Waals surface area contributed by atoms with E-state index in [0.717, 1.165) is 5.69 Å². The molecule has 0 aliphatic carbocycles. The molecule has 0 radical (unpaired) electrons. The molecular formula is C22H30N4O4. The number of anilines is 1. The van der Waals surface area contributed by atoms with E-state index in [-0.39, 0.29) is 12.0 Å². The van der Waals surface area contributed by atoms with Crippen molar-refractivity contribution in [3.05, 3.63) is 42.5 Å². The van der Waals surface area contributed by atoms with Gasteiger partial charge in [0.25, 0.3) is 0 Å². The zero-order valence-electron chi connectivity index (χ0n) is 18.0. The van der Waals surface area contributed by atoms with Gasteiger partial charge in [-0.1, -0.05) is 0 Å². The first-order chi connectivity index (χ1) is 14.2. The molecule has 0 saturated carbocycles. The van der Waals surface area contributed by atoms with E-state index in [0.29, 0.717) is 43.1 Å². The van der Waals surface area contributed by atoms with Crippen molar-refractivity contribution in [2.75, 3.05) is 18.4 Å². The van der Waals surface area contributed by atoms with E-state index in [9.17, 15) is 9.90 Å². The van der Waals surface area contributed by atoms with Gasteiger partial charge in [0.05, 0.1) is 18.1 Å². The van der Waals surface area contributed by atoms with Crippen molar-refractivity contribution in [2.45, 2.75) is 52.4 Å². The second-order valence-corrected chi connectivity index (χ2v) is 8.50. The van der Waals surface area contributed by atoms with Crippen LogP contribution in [0.15, 0.2) is 36.8 Å². The molecule has 0 bridgehead atoms. The molecule has 1 fully saturated rings. The van der Waals surface area contributed by atoms with Crippen LogP contribution in [-0.4, -0.2) is 51.0 Å². The third-order valence-electron chi connectivity index (χ3n) is 4.83. The number of hydrogen-bond donors (Lipinski definition) is 2. The topological polar surface area (TPSA) is 96.8 Å². The summed E-state index contributed by atoms with van der Waals surface area (Å²) in [6, 6.07) is 5.45. The minimum atomic E-state index is -0.784. The fraction of sp³-hybridized carbons (Fsp3) is 0.500. The van der Waals surface area contributed by atoms with Crippen LogP contribution in [0.5, 0.6) is 11.5 Å². The Morgan fingerprint density at radius 3 is 2.60 bits per heavy atom. The fourth-order valence-corrected chi connectivity index (χ4v) is 3.22. The molecule has 1 saturated heterocycles. The van der Waals surface area contributed by atoms with E-state index in [2.05, 4.69) is 15.3 Å². The summed E-state index contributed by atoms with van der Waals surface area (Å²) in [5.41, 5.74) is 0.988. The third-order valence-corrected chi connectivity index (χ3v) is 4.83. The van der Waals surface area contributed by atoms with E-state index >= 15 is 0 Å². The van der Waals surface area contributed by atoms with Crippen molar-refractivity contribution in [2.24, 2.45) is 5.92 Å². The summed E-state index contributed by atoms with van der Waals surface area (Å²) in [6.07, 6.45) is 5.16. The Balaban J connectivity index is 1.57. The van der Waals surface area contributed by atoms with Gasteiger partial charge in [-0.3, -0.25) is 9.97 Å². The Morgan fingerprint density at radius 2 is 1.97 bits per heavy atom. The maximum atomic E-state index is 12.2. The van der Waals surface area contributed by atoms with Crippen LogP contribution in [-0.2, 0) is 4.74 Å². The number of carbonyl (C=O) groups excluding carboxylic acids is 1. The van der Waals surface area contributed by atoms with Crippen molar-refractivity contribution in [1.29, 1.82) is 0 Å². The highest BCUT2D eigenvalue weighted by Crippen LogP contribution is 2.30. The second kappa shape index (κ2) is 9.30. The van der Waals surface area contributed by atoms with Crippen LogP contribution in [0.25, 0.3) is 0 Å². The molecule has 0 aromatic carbocycles. The highest BCUT2D eigenvalue weighted by molar-refractivity contribution is 5.68. The Labute approximate surface area is 177 Å². The average Bonchev–Trinajstić information content (AvgIpc) is 2.70. The van der Waals surface area contributed by atoms with E-state index in [1.54, 1.807) is 29.6 Å². The molecule has 8 nitrogen and oxygen atoms in total. The Bertz CT molecular complexity index is 843. The summed E-state index contributed by atoms with van der Waals surface area (Å²) in [6.45, 7) is 8.56. The van der Waals surface area contributed by atoms with Gasteiger partial charge in [0.15, 0.2) is 5.75 Å². The number of piperidine rings is 1. The maximum absolute atomic E-state index is 12.2. The lowest BCUT2D eigenvalue weighted by molar-refractivity contribution is 0.0108. The molecule has 1 amide bonds. The summed E-state index contributed by atoms with van der Waals surface area (Å²) in [7, 11) is 0. The quantitative estimate of drug-likeness (QED) is 0.715. The number of carbonyl (C=O) groups is 1.